The number of hydrazine groups is 1. The average Bonchev–Trinajstić information content (AvgIpc) is 3.32. The minimum atomic E-state index is -0.202. The Kier molecular flexibility index (Phi) is 4.56. The highest BCUT2D eigenvalue weighted by molar-refractivity contribution is 5.97. The second-order valence-corrected chi connectivity index (χ2v) is 7.09. The molecule has 1 aliphatic carbocycles. The number of likely N-dealkylation sites (N-methyl/N-ethyl adjacent to an activating group) is 1. The highest BCUT2D eigenvalue weighted by Crippen LogP contribution is 2.30. The van der Waals surface area contributed by atoms with Gasteiger partial charge >= 0.3 is 0 Å². The normalized spacial score (nSPS) is 25.0. The minimum absolute atomic E-state index is 0.0806. The summed E-state index contributed by atoms with van der Waals surface area (Å²) in [6, 6.07) is 5.54. The van der Waals surface area contributed by atoms with Gasteiger partial charge in [0, 0.05) is 31.7 Å². The fourth-order valence-corrected chi connectivity index (χ4v) is 4.03. The number of carbonyl (C=O) groups excluding carboxylic acids is 1. The largest absolute Gasteiger partial charge is 0.507 e. The molecule has 2 heterocycles. The van der Waals surface area contributed by atoms with Gasteiger partial charge in [0.2, 0.25) is 0 Å². The van der Waals surface area contributed by atoms with E-state index in [0.717, 1.165) is 0 Å². The van der Waals surface area contributed by atoms with Crippen LogP contribution < -0.4 is 10.9 Å². The van der Waals surface area contributed by atoms with Crippen LogP contribution in [0.2, 0.25) is 0 Å². The first kappa shape index (κ1) is 16.9. The van der Waals surface area contributed by atoms with E-state index in [1.807, 2.05) is 0 Å². The van der Waals surface area contributed by atoms with Gasteiger partial charge in [-0.25, -0.2) is 4.68 Å². The molecule has 0 spiro atoms. The van der Waals surface area contributed by atoms with Crippen molar-refractivity contribution in [2.24, 2.45) is 5.92 Å². The first-order chi connectivity index (χ1) is 12.6. The molecule has 0 bridgehead atoms. The van der Waals surface area contributed by atoms with Crippen LogP contribution in [0.3, 0.4) is 0 Å². The number of hydrogen-bond donors (Lipinski definition) is 3. The molecule has 1 saturated heterocycles. The summed E-state index contributed by atoms with van der Waals surface area (Å²) in [5.41, 5.74) is 7.58. The van der Waals surface area contributed by atoms with E-state index in [9.17, 15) is 9.90 Å². The van der Waals surface area contributed by atoms with E-state index in [2.05, 4.69) is 26.4 Å². The van der Waals surface area contributed by atoms with Crippen molar-refractivity contribution in [2.45, 2.75) is 37.8 Å². The highest BCUT2D eigenvalue weighted by Gasteiger charge is 2.38. The molecule has 0 radical (unpaired) electrons. The lowest BCUT2D eigenvalue weighted by atomic mass is 9.81. The van der Waals surface area contributed by atoms with E-state index in [1.165, 1.54) is 42.8 Å². The summed E-state index contributed by atoms with van der Waals surface area (Å²) in [7, 11) is 1.77. The first-order valence-electron chi connectivity index (χ1n) is 8.96. The molecular formula is C17H23N7O2. The van der Waals surface area contributed by atoms with Gasteiger partial charge in [-0.05, 0) is 41.3 Å². The number of phenols is 1. The van der Waals surface area contributed by atoms with Crippen LogP contribution in [0.25, 0.3) is 5.69 Å². The van der Waals surface area contributed by atoms with Gasteiger partial charge < -0.3 is 10.0 Å². The second kappa shape index (κ2) is 7.00. The quantitative estimate of drug-likeness (QED) is 0.730. The molecule has 2 aliphatic rings. The average molecular weight is 357 g/mol. The summed E-state index contributed by atoms with van der Waals surface area (Å²) < 4.78 is 1.43. The number of carbonyl (C=O) groups is 1. The number of phenolic OH excluding ortho intramolecular Hbond substituents is 1. The number of hydrogen-bond acceptors (Lipinski definition) is 7. The van der Waals surface area contributed by atoms with E-state index in [1.54, 1.807) is 24.1 Å². The van der Waals surface area contributed by atoms with Gasteiger partial charge in [-0.3, -0.25) is 15.6 Å². The van der Waals surface area contributed by atoms with E-state index in [4.69, 9.17) is 0 Å². The SMILES string of the molecule is CN(CC1NNC2CCCCC21)C(=O)c1ccc(-n2cnnn2)cc1O. The zero-order valence-electron chi connectivity index (χ0n) is 14.7. The maximum atomic E-state index is 12.8. The molecule has 3 atom stereocenters. The standard InChI is InChI=1S/C17H23N7O2/c1-23(9-15-12-4-2-3-5-14(12)19-20-15)17(26)13-7-6-11(8-16(13)25)24-10-18-21-22-24/h6-8,10,12,14-15,19-20,25H,2-5,9H2,1H3. The lowest BCUT2D eigenvalue weighted by molar-refractivity contribution is 0.0769. The smallest absolute Gasteiger partial charge is 0.257 e. The number of nitrogens with zero attached hydrogens (tertiary/aromatic N) is 5. The van der Waals surface area contributed by atoms with Crippen LogP contribution >= 0.6 is 0 Å². The Bertz CT molecular complexity index is 779. The van der Waals surface area contributed by atoms with Crippen molar-refractivity contribution in [1.82, 2.24) is 36.0 Å². The highest BCUT2D eigenvalue weighted by atomic mass is 16.3. The summed E-state index contributed by atoms with van der Waals surface area (Å²) in [6.45, 7) is 0.598. The maximum absolute atomic E-state index is 12.8. The third kappa shape index (κ3) is 3.15. The van der Waals surface area contributed by atoms with Gasteiger partial charge in [0.25, 0.3) is 5.91 Å². The third-order valence-electron chi connectivity index (χ3n) is 5.43. The Morgan fingerprint density at radius 1 is 1.35 bits per heavy atom. The molecule has 3 unspecified atom stereocenters. The number of aromatic hydroxyl groups is 1. The van der Waals surface area contributed by atoms with Crippen LogP contribution in [0.15, 0.2) is 24.5 Å². The van der Waals surface area contributed by atoms with Crippen molar-refractivity contribution >= 4 is 5.91 Å². The molecule has 9 heteroatoms. The van der Waals surface area contributed by atoms with Crippen LogP contribution in [-0.2, 0) is 0 Å². The van der Waals surface area contributed by atoms with Crippen molar-refractivity contribution < 1.29 is 9.90 Å². The van der Waals surface area contributed by atoms with E-state index < -0.39 is 0 Å². The molecule has 2 aromatic rings. The number of benzene rings is 1. The van der Waals surface area contributed by atoms with E-state index in [0.29, 0.717) is 24.2 Å². The van der Waals surface area contributed by atoms with Crippen LogP contribution in [-0.4, -0.2) is 61.8 Å². The van der Waals surface area contributed by atoms with Gasteiger partial charge in [0.05, 0.1) is 11.3 Å². The van der Waals surface area contributed by atoms with E-state index >= 15 is 0 Å². The number of aromatic nitrogens is 4. The second-order valence-electron chi connectivity index (χ2n) is 7.09. The number of fused-ring (bicyclic) bond motifs is 1. The van der Waals surface area contributed by atoms with Gasteiger partial charge in [0.15, 0.2) is 0 Å². The molecule has 4 rings (SSSR count). The molecule has 9 nitrogen and oxygen atoms in total. The molecule has 1 aromatic heterocycles. The van der Waals surface area contributed by atoms with Gasteiger partial charge in [-0.15, -0.1) is 5.10 Å². The minimum Gasteiger partial charge on any atom is -0.507 e. The fraction of sp³-hybridized carbons (Fsp3) is 0.529. The van der Waals surface area contributed by atoms with Crippen molar-refractivity contribution in [3.05, 3.63) is 30.1 Å². The first-order valence-corrected chi connectivity index (χ1v) is 8.96. The number of amides is 1. The Labute approximate surface area is 151 Å². The number of tetrazole rings is 1. The zero-order chi connectivity index (χ0) is 18.1. The van der Waals surface area contributed by atoms with Crippen LogP contribution in [0.5, 0.6) is 5.75 Å². The molecular weight excluding hydrogens is 334 g/mol. The Morgan fingerprint density at radius 2 is 2.19 bits per heavy atom. The van der Waals surface area contributed by atoms with E-state index in [-0.39, 0.29) is 23.3 Å². The predicted molar refractivity (Wildman–Crippen MR) is 93.6 cm³/mol. The lowest BCUT2D eigenvalue weighted by Gasteiger charge is -2.29. The number of rotatable bonds is 4. The van der Waals surface area contributed by atoms with Gasteiger partial charge in [-0.1, -0.05) is 12.8 Å². The summed E-state index contributed by atoms with van der Waals surface area (Å²) in [5.74, 6) is 0.268. The fourth-order valence-electron chi connectivity index (χ4n) is 4.03. The maximum Gasteiger partial charge on any atom is 0.257 e. The summed E-state index contributed by atoms with van der Waals surface area (Å²) in [5, 5.41) is 21.2. The summed E-state index contributed by atoms with van der Waals surface area (Å²) >= 11 is 0. The monoisotopic (exact) mass is 357 g/mol. The van der Waals surface area contributed by atoms with Gasteiger partial charge in [-0.2, -0.15) is 0 Å². The summed E-state index contributed by atoms with van der Waals surface area (Å²) in [4.78, 5) is 14.5. The lowest BCUT2D eigenvalue weighted by Crippen LogP contribution is -2.43. The van der Waals surface area contributed by atoms with Crippen molar-refractivity contribution in [1.29, 1.82) is 0 Å². The molecule has 1 amide bonds. The Hall–Kier alpha value is -2.52. The third-order valence-corrected chi connectivity index (χ3v) is 5.43. The zero-order valence-corrected chi connectivity index (χ0v) is 14.7. The Morgan fingerprint density at radius 3 is 2.96 bits per heavy atom. The molecule has 138 valence electrons. The molecule has 1 saturated carbocycles. The van der Waals surface area contributed by atoms with Crippen LogP contribution in [0.1, 0.15) is 36.0 Å². The van der Waals surface area contributed by atoms with Crippen LogP contribution in [0.4, 0.5) is 0 Å². The summed E-state index contributed by atoms with van der Waals surface area (Å²) in [6.07, 6.45) is 6.31. The predicted octanol–water partition coefficient (Wildman–Crippen LogP) is 0.475. The van der Waals surface area contributed by atoms with Crippen molar-refractivity contribution in [2.75, 3.05) is 13.6 Å². The molecule has 1 aromatic carbocycles. The molecule has 1 aliphatic heterocycles. The molecule has 26 heavy (non-hydrogen) atoms. The Balaban J connectivity index is 1.45. The molecule has 3 N–H and O–H groups in total. The van der Waals surface area contributed by atoms with Crippen molar-refractivity contribution in [3.8, 4) is 11.4 Å². The van der Waals surface area contributed by atoms with Crippen molar-refractivity contribution in [3.63, 3.8) is 0 Å². The van der Waals surface area contributed by atoms with Crippen LogP contribution in [0, 0.1) is 5.92 Å². The number of nitrogens with one attached hydrogen (secondary N) is 2. The van der Waals surface area contributed by atoms with Gasteiger partial charge in [0.1, 0.15) is 12.1 Å². The topological polar surface area (TPSA) is 108 Å². The molecule has 2 fully saturated rings.